The van der Waals surface area contributed by atoms with E-state index in [0.717, 1.165) is 30.8 Å². The zero-order chi connectivity index (χ0) is 12.3. The fourth-order valence-electron chi connectivity index (χ4n) is 2.23. The zero-order valence-corrected chi connectivity index (χ0v) is 11.1. The molecule has 2 rings (SSSR count). The number of rotatable bonds is 2. The van der Waals surface area contributed by atoms with Crippen LogP contribution >= 0.6 is 12.4 Å². The monoisotopic (exact) mass is 271 g/mol. The van der Waals surface area contributed by atoms with Crippen molar-refractivity contribution in [3.63, 3.8) is 0 Å². The van der Waals surface area contributed by atoms with Crippen molar-refractivity contribution in [1.29, 1.82) is 0 Å². The first-order valence-electron chi connectivity index (χ1n) is 5.76. The quantitative estimate of drug-likeness (QED) is 0.854. The highest BCUT2D eigenvalue weighted by Gasteiger charge is 2.38. The Morgan fingerprint density at radius 1 is 1.56 bits per heavy atom. The van der Waals surface area contributed by atoms with Gasteiger partial charge >= 0.3 is 6.09 Å². The molecule has 1 saturated heterocycles. The molecule has 0 saturated carbocycles. The van der Waals surface area contributed by atoms with Gasteiger partial charge in [-0.3, -0.25) is 4.98 Å². The standard InChI is InChI=1S/C12H17N3O2.ClH/c1-9-4-2-5-10(15-9)12(17-11(13)16)6-3-7-14-8-12;/h2,4-5,14H,3,6-8H2,1H3,(H2,13,16);1H. The van der Waals surface area contributed by atoms with Crippen molar-refractivity contribution in [2.45, 2.75) is 25.4 Å². The number of piperidine rings is 1. The molecular weight excluding hydrogens is 254 g/mol. The van der Waals surface area contributed by atoms with Gasteiger partial charge in [0.2, 0.25) is 0 Å². The number of nitrogens with two attached hydrogens (primary N) is 1. The van der Waals surface area contributed by atoms with Gasteiger partial charge in [-0.1, -0.05) is 6.07 Å². The predicted octanol–water partition coefficient (Wildman–Crippen LogP) is 1.49. The van der Waals surface area contributed by atoms with Crippen LogP contribution in [0, 0.1) is 6.92 Å². The lowest BCUT2D eigenvalue weighted by Gasteiger charge is -2.36. The maximum absolute atomic E-state index is 11.1. The van der Waals surface area contributed by atoms with E-state index in [-0.39, 0.29) is 12.4 Å². The maximum Gasteiger partial charge on any atom is 0.405 e. The Morgan fingerprint density at radius 2 is 2.33 bits per heavy atom. The van der Waals surface area contributed by atoms with Crippen LogP contribution < -0.4 is 11.1 Å². The number of aromatic nitrogens is 1. The van der Waals surface area contributed by atoms with Gasteiger partial charge in [0.1, 0.15) is 0 Å². The van der Waals surface area contributed by atoms with Crippen LogP contribution in [0.1, 0.15) is 24.2 Å². The first-order chi connectivity index (χ1) is 8.12. The van der Waals surface area contributed by atoms with Gasteiger partial charge in [-0.15, -0.1) is 12.4 Å². The van der Waals surface area contributed by atoms with Crippen molar-refractivity contribution < 1.29 is 9.53 Å². The Balaban J connectivity index is 0.00000162. The number of pyridine rings is 1. The minimum absolute atomic E-state index is 0. The number of amides is 1. The van der Waals surface area contributed by atoms with Crippen LogP contribution in [-0.2, 0) is 10.3 Å². The minimum atomic E-state index is -0.753. The average molecular weight is 272 g/mol. The summed E-state index contributed by atoms with van der Waals surface area (Å²) in [4.78, 5) is 15.5. The third-order valence-corrected chi connectivity index (χ3v) is 3.00. The van der Waals surface area contributed by atoms with E-state index in [0.29, 0.717) is 6.54 Å². The minimum Gasteiger partial charge on any atom is -0.435 e. The Labute approximate surface area is 113 Å². The first kappa shape index (κ1) is 14.7. The highest BCUT2D eigenvalue weighted by molar-refractivity contribution is 5.85. The van der Waals surface area contributed by atoms with E-state index in [1.807, 2.05) is 25.1 Å². The number of carbonyl (C=O) groups excluding carboxylic acids is 1. The number of nitrogens with zero attached hydrogens (tertiary/aromatic N) is 1. The van der Waals surface area contributed by atoms with Crippen molar-refractivity contribution in [2.75, 3.05) is 13.1 Å². The molecule has 0 bridgehead atoms. The number of carbonyl (C=O) groups is 1. The third kappa shape index (κ3) is 3.11. The summed E-state index contributed by atoms with van der Waals surface area (Å²) in [6.45, 7) is 3.40. The molecule has 18 heavy (non-hydrogen) atoms. The molecule has 1 aromatic heterocycles. The number of nitrogens with one attached hydrogen (secondary N) is 1. The number of hydrogen-bond donors (Lipinski definition) is 2. The van der Waals surface area contributed by atoms with E-state index in [4.69, 9.17) is 10.5 Å². The van der Waals surface area contributed by atoms with Gasteiger partial charge < -0.3 is 15.8 Å². The molecule has 0 radical (unpaired) electrons. The molecule has 5 nitrogen and oxygen atoms in total. The van der Waals surface area contributed by atoms with Gasteiger partial charge in [-0.2, -0.15) is 0 Å². The van der Waals surface area contributed by atoms with E-state index in [2.05, 4.69) is 10.3 Å². The zero-order valence-electron chi connectivity index (χ0n) is 10.3. The molecule has 1 unspecified atom stereocenters. The van der Waals surface area contributed by atoms with E-state index < -0.39 is 11.7 Å². The van der Waals surface area contributed by atoms with E-state index in [1.165, 1.54) is 0 Å². The second kappa shape index (κ2) is 6.02. The number of hydrogen-bond acceptors (Lipinski definition) is 4. The van der Waals surface area contributed by atoms with Gasteiger partial charge in [0.05, 0.1) is 5.69 Å². The summed E-state index contributed by atoms with van der Waals surface area (Å²) in [5.41, 5.74) is 6.13. The van der Waals surface area contributed by atoms with Gasteiger partial charge in [0, 0.05) is 12.2 Å². The molecule has 0 spiro atoms. The summed E-state index contributed by atoms with van der Waals surface area (Å²) in [7, 11) is 0. The van der Waals surface area contributed by atoms with Crippen LogP contribution in [0.5, 0.6) is 0 Å². The molecule has 1 atom stereocenters. The molecule has 1 aliphatic rings. The number of halogens is 1. The third-order valence-electron chi connectivity index (χ3n) is 3.00. The molecule has 100 valence electrons. The van der Waals surface area contributed by atoms with Gasteiger partial charge in [-0.25, -0.2) is 4.79 Å². The van der Waals surface area contributed by atoms with Crippen molar-refractivity contribution >= 4 is 18.5 Å². The lowest BCUT2D eigenvalue weighted by Crippen LogP contribution is -2.48. The highest BCUT2D eigenvalue weighted by atomic mass is 35.5. The topological polar surface area (TPSA) is 77.2 Å². The van der Waals surface area contributed by atoms with Gasteiger partial charge in [0.15, 0.2) is 5.60 Å². The lowest BCUT2D eigenvalue weighted by molar-refractivity contribution is -0.00925. The Bertz CT molecular complexity index is 420. The lowest BCUT2D eigenvalue weighted by atomic mass is 9.89. The molecule has 1 aromatic rings. The summed E-state index contributed by atoms with van der Waals surface area (Å²) in [5, 5.41) is 3.23. The maximum atomic E-state index is 11.1. The van der Waals surface area contributed by atoms with Crippen molar-refractivity contribution in [3.05, 3.63) is 29.6 Å². The summed E-state index contributed by atoms with van der Waals surface area (Å²) in [6.07, 6.45) is 0.930. The SMILES string of the molecule is Cc1cccc(C2(OC(N)=O)CCCNC2)n1.Cl. The second-order valence-electron chi connectivity index (χ2n) is 4.36. The molecule has 1 amide bonds. The second-order valence-corrected chi connectivity index (χ2v) is 4.36. The van der Waals surface area contributed by atoms with Crippen LogP contribution in [0.25, 0.3) is 0 Å². The molecular formula is C12H18ClN3O2. The predicted molar refractivity (Wildman–Crippen MR) is 70.7 cm³/mol. The average Bonchev–Trinajstić information content (AvgIpc) is 2.29. The molecule has 6 heteroatoms. The molecule has 1 fully saturated rings. The normalized spacial score (nSPS) is 22.9. The van der Waals surface area contributed by atoms with E-state index >= 15 is 0 Å². The summed E-state index contributed by atoms with van der Waals surface area (Å²) < 4.78 is 5.33. The van der Waals surface area contributed by atoms with Gasteiger partial charge in [0.25, 0.3) is 0 Å². The fraction of sp³-hybridized carbons (Fsp3) is 0.500. The van der Waals surface area contributed by atoms with Crippen molar-refractivity contribution in [3.8, 4) is 0 Å². The van der Waals surface area contributed by atoms with Gasteiger partial charge in [-0.05, 0) is 38.4 Å². The first-order valence-corrected chi connectivity index (χ1v) is 5.76. The molecule has 2 heterocycles. The number of ether oxygens (including phenoxy) is 1. The Kier molecular flexibility index (Phi) is 4.93. The highest BCUT2D eigenvalue weighted by Crippen LogP contribution is 2.31. The van der Waals surface area contributed by atoms with Crippen LogP contribution in [0.4, 0.5) is 4.79 Å². The summed E-state index contributed by atoms with van der Waals surface area (Å²) in [5.74, 6) is 0. The van der Waals surface area contributed by atoms with Crippen LogP contribution in [0.3, 0.4) is 0 Å². The molecule has 3 N–H and O–H groups in total. The van der Waals surface area contributed by atoms with Crippen molar-refractivity contribution in [1.82, 2.24) is 10.3 Å². The Hall–Kier alpha value is -1.33. The van der Waals surface area contributed by atoms with Crippen LogP contribution in [-0.4, -0.2) is 24.2 Å². The number of aryl methyl sites for hydroxylation is 1. The largest absolute Gasteiger partial charge is 0.435 e. The van der Waals surface area contributed by atoms with E-state index in [9.17, 15) is 4.79 Å². The van der Waals surface area contributed by atoms with Crippen molar-refractivity contribution in [2.24, 2.45) is 5.73 Å². The van der Waals surface area contributed by atoms with Crippen LogP contribution in [0.15, 0.2) is 18.2 Å². The number of primary amides is 1. The molecule has 1 aliphatic heterocycles. The van der Waals surface area contributed by atoms with Crippen LogP contribution in [0.2, 0.25) is 0 Å². The Morgan fingerprint density at radius 3 is 2.89 bits per heavy atom. The molecule has 0 aromatic carbocycles. The molecule has 0 aliphatic carbocycles. The summed E-state index contributed by atoms with van der Waals surface area (Å²) in [6, 6.07) is 5.71. The van der Waals surface area contributed by atoms with E-state index in [1.54, 1.807) is 0 Å². The fourth-order valence-corrected chi connectivity index (χ4v) is 2.23. The summed E-state index contributed by atoms with van der Waals surface area (Å²) >= 11 is 0. The smallest absolute Gasteiger partial charge is 0.405 e.